The van der Waals surface area contributed by atoms with Crippen molar-refractivity contribution >= 4 is 38.4 Å². The average Bonchev–Trinajstić information content (AvgIpc) is 3.12. The van der Waals surface area contributed by atoms with E-state index in [0.717, 1.165) is 49.7 Å². The third kappa shape index (κ3) is 2.39. The molecule has 6 nitrogen and oxygen atoms in total. The van der Waals surface area contributed by atoms with Gasteiger partial charge in [-0.25, -0.2) is 4.98 Å². The van der Waals surface area contributed by atoms with Crippen molar-refractivity contribution in [2.24, 2.45) is 0 Å². The number of para-hydroxylation sites is 1. The maximum Gasteiger partial charge on any atom is 0.269 e. The van der Waals surface area contributed by atoms with E-state index in [9.17, 15) is 10.1 Å². The highest BCUT2D eigenvalue weighted by molar-refractivity contribution is 6.21. The molecule has 0 bridgehead atoms. The van der Waals surface area contributed by atoms with Gasteiger partial charge in [-0.2, -0.15) is 0 Å². The number of aromatic nitrogens is 2. The Hall–Kier alpha value is -3.93. The van der Waals surface area contributed by atoms with Crippen LogP contribution >= 0.6 is 0 Å². The van der Waals surface area contributed by atoms with Crippen molar-refractivity contribution in [2.75, 3.05) is 7.11 Å². The highest BCUT2D eigenvalue weighted by Crippen LogP contribution is 2.38. The average molecular weight is 369 g/mol. The van der Waals surface area contributed by atoms with Crippen LogP contribution in [0.2, 0.25) is 0 Å². The summed E-state index contributed by atoms with van der Waals surface area (Å²) in [7, 11) is 1.64. The largest absolute Gasteiger partial charge is 0.497 e. The van der Waals surface area contributed by atoms with Crippen LogP contribution in [0.1, 0.15) is 0 Å². The number of ether oxygens (including phenoxy) is 1. The molecular formula is C22H15N3O3. The summed E-state index contributed by atoms with van der Waals surface area (Å²) in [6.07, 6.45) is 0. The van der Waals surface area contributed by atoms with Crippen molar-refractivity contribution in [3.63, 3.8) is 0 Å². The van der Waals surface area contributed by atoms with Crippen LogP contribution in [0.25, 0.3) is 44.0 Å². The summed E-state index contributed by atoms with van der Waals surface area (Å²) in [6, 6.07) is 20.3. The zero-order valence-corrected chi connectivity index (χ0v) is 15.0. The summed E-state index contributed by atoms with van der Waals surface area (Å²) >= 11 is 0. The highest BCUT2D eigenvalue weighted by atomic mass is 16.6. The number of hydrogen-bond donors (Lipinski definition) is 1. The molecule has 0 fully saturated rings. The molecule has 0 amide bonds. The Kier molecular flexibility index (Phi) is 3.52. The standard InChI is InChI=1S/C22H15N3O3/c1-28-15-10-11-19-17(12-15)20-21(13-6-8-14(9-7-13)25(26)27)23-18-5-3-2-4-16(18)22(20)24-19/h2-12,24H,1H3. The molecule has 0 aliphatic heterocycles. The molecule has 6 heteroatoms. The Morgan fingerprint density at radius 2 is 1.79 bits per heavy atom. The van der Waals surface area contributed by atoms with Crippen molar-refractivity contribution in [2.45, 2.75) is 0 Å². The van der Waals surface area contributed by atoms with E-state index < -0.39 is 4.92 Å². The lowest BCUT2D eigenvalue weighted by Gasteiger charge is -2.07. The molecule has 28 heavy (non-hydrogen) atoms. The third-order valence-corrected chi connectivity index (χ3v) is 5.00. The van der Waals surface area contributed by atoms with Gasteiger partial charge in [0.05, 0.1) is 28.8 Å². The van der Waals surface area contributed by atoms with Crippen LogP contribution in [-0.2, 0) is 0 Å². The first-order chi connectivity index (χ1) is 13.7. The normalized spacial score (nSPS) is 11.3. The molecule has 0 unspecified atom stereocenters. The number of nitro groups is 1. The molecule has 0 aliphatic carbocycles. The second-order valence-electron chi connectivity index (χ2n) is 6.57. The van der Waals surface area contributed by atoms with Gasteiger partial charge in [0.15, 0.2) is 0 Å². The Balaban J connectivity index is 1.91. The minimum atomic E-state index is -0.399. The number of hydrogen-bond acceptors (Lipinski definition) is 4. The molecule has 2 heterocycles. The summed E-state index contributed by atoms with van der Waals surface area (Å²) in [5.41, 5.74) is 4.50. The van der Waals surface area contributed by atoms with Crippen LogP contribution in [0.5, 0.6) is 5.75 Å². The van der Waals surface area contributed by atoms with Crippen LogP contribution in [0.4, 0.5) is 5.69 Å². The number of H-pyrrole nitrogens is 1. The lowest BCUT2D eigenvalue weighted by molar-refractivity contribution is -0.384. The molecule has 0 saturated heterocycles. The zero-order chi connectivity index (χ0) is 19.3. The molecule has 0 aliphatic rings. The predicted octanol–water partition coefficient (Wildman–Crippen LogP) is 5.45. The fourth-order valence-corrected chi connectivity index (χ4v) is 3.65. The first kappa shape index (κ1) is 16.3. The van der Waals surface area contributed by atoms with E-state index in [1.807, 2.05) is 42.5 Å². The molecule has 1 N–H and O–H groups in total. The minimum Gasteiger partial charge on any atom is -0.497 e. The lowest BCUT2D eigenvalue weighted by Crippen LogP contribution is -1.90. The van der Waals surface area contributed by atoms with Crippen molar-refractivity contribution in [3.05, 3.63) is 76.8 Å². The van der Waals surface area contributed by atoms with Gasteiger partial charge in [-0.1, -0.05) is 18.2 Å². The number of methoxy groups -OCH3 is 1. The van der Waals surface area contributed by atoms with Gasteiger partial charge in [0, 0.05) is 39.4 Å². The number of fused-ring (bicyclic) bond motifs is 5. The smallest absolute Gasteiger partial charge is 0.269 e. The van der Waals surface area contributed by atoms with Gasteiger partial charge in [0.2, 0.25) is 0 Å². The van der Waals surface area contributed by atoms with Crippen LogP contribution in [0.3, 0.4) is 0 Å². The van der Waals surface area contributed by atoms with Gasteiger partial charge in [0.25, 0.3) is 5.69 Å². The molecule has 5 rings (SSSR count). The monoisotopic (exact) mass is 369 g/mol. The number of nitrogens with one attached hydrogen (secondary N) is 1. The zero-order valence-electron chi connectivity index (χ0n) is 15.0. The van der Waals surface area contributed by atoms with E-state index in [4.69, 9.17) is 9.72 Å². The molecule has 2 aromatic heterocycles. The Morgan fingerprint density at radius 3 is 2.54 bits per heavy atom. The second-order valence-corrected chi connectivity index (χ2v) is 6.57. The number of aromatic amines is 1. The maximum atomic E-state index is 11.0. The topological polar surface area (TPSA) is 81.0 Å². The molecule has 5 aromatic rings. The van der Waals surface area contributed by atoms with E-state index in [1.54, 1.807) is 19.2 Å². The SMILES string of the molecule is COc1ccc2[nH]c3c4ccccc4nc(-c4ccc([N+](=O)[O-])cc4)c3c2c1. The summed E-state index contributed by atoms with van der Waals surface area (Å²) in [6.45, 7) is 0. The van der Waals surface area contributed by atoms with Gasteiger partial charge in [0.1, 0.15) is 5.75 Å². The van der Waals surface area contributed by atoms with Gasteiger partial charge < -0.3 is 9.72 Å². The molecule has 136 valence electrons. The van der Waals surface area contributed by atoms with E-state index in [2.05, 4.69) is 4.98 Å². The van der Waals surface area contributed by atoms with Crippen molar-refractivity contribution in [3.8, 4) is 17.0 Å². The fraction of sp³-hybridized carbons (Fsp3) is 0.0455. The number of benzene rings is 3. The molecule has 0 atom stereocenters. The summed E-state index contributed by atoms with van der Waals surface area (Å²) in [5.74, 6) is 0.760. The number of rotatable bonds is 3. The third-order valence-electron chi connectivity index (χ3n) is 5.00. The summed E-state index contributed by atoms with van der Waals surface area (Å²) in [4.78, 5) is 19.0. The fourth-order valence-electron chi connectivity index (χ4n) is 3.65. The number of nitro benzene ring substituents is 1. The quantitative estimate of drug-likeness (QED) is 0.338. The second kappa shape index (κ2) is 6.06. The van der Waals surface area contributed by atoms with Crippen LogP contribution in [0.15, 0.2) is 66.7 Å². The highest BCUT2D eigenvalue weighted by Gasteiger charge is 2.17. The van der Waals surface area contributed by atoms with Gasteiger partial charge in [-0.05, 0) is 36.4 Å². The van der Waals surface area contributed by atoms with Gasteiger partial charge >= 0.3 is 0 Å². The summed E-state index contributed by atoms with van der Waals surface area (Å²) < 4.78 is 5.41. The molecule has 0 saturated carbocycles. The number of pyridine rings is 1. The Bertz CT molecular complexity index is 1370. The molecule has 3 aromatic carbocycles. The van der Waals surface area contributed by atoms with Gasteiger partial charge in [-0.15, -0.1) is 0 Å². The number of non-ortho nitro benzene ring substituents is 1. The van der Waals surface area contributed by atoms with E-state index in [-0.39, 0.29) is 5.69 Å². The molecule has 0 spiro atoms. The van der Waals surface area contributed by atoms with Crippen molar-refractivity contribution in [1.82, 2.24) is 9.97 Å². The van der Waals surface area contributed by atoms with Crippen LogP contribution < -0.4 is 4.74 Å². The van der Waals surface area contributed by atoms with Crippen LogP contribution in [-0.4, -0.2) is 22.0 Å². The Morgan fingerprint density at radius 1 is 1.00 bits per heavy atom. The minimum absolute atomic E-state index is 0.0568. The molecule has 0 radical (unpaired) electrons. The molecular weight excluding hydrogens is 354 g/mol. The first-order valence-corrected chi connectivity index (χ1v) is 8.79. The predicted molar refractivity (Wildman–Crippen MR) is 110 cm³/mol. The number of nitrogens with zero attached hydrogens (tertiary/aromatic N) is 2. The van der Waals surface area contributed by atoms with E-state index >= 15 is 0 Å². The summed E-state index contributed by atoms with van der Waals surface area (Å²) in [5, 5.41) is 14.0. The van der Waals surface area contributed by atoms with Crippen molar-refractivity contribution < 1.29 is 9.66 Å². The van der Waals surface area contributed by atoms with Gasteiger partial charge in [-0.3, -0.25) is 10.1 Å². The van der Waals surface area contributed by atoms with Crippen LogP contribution in [0, 0.1) is 10.1 Å². The Labute approximate surface area is 159 Å². The maximum absolute atomic E-state index is 11.0. The van der Waals surface area contributed by atoms with Crippen molar-refractivity contribution in [1.29, 1.82) is 0 Å². The van der Waals surface area contributed by atoms with E-state index in [1.165, 1.54) is 12.1 Å². The lowest BCUT2D eigenvalue weighted by atomic mass is 10.0. The van der Waals surface area contributed by atoms with E-state index in [0.29, 0.717) is 0 Å². The first-order valence-electron chi connectivity index (χ1n) is 8.79.